The van der Waals surface area contributed by atoms with Crippen molar-refractivity contribution in [2.24, 2.45) is 5.92 Å². The van der Waals surface area contributed by atoms with Gasteiger partial charge in [0.15, 0.2) is 0 Å². The van der Waals surface area contributed by atoms with Crippen LogP contribution in [0.3, 0.4) is 0 Å². The van der Waals surface area contributed by atoms with E-state index >= 15 is 0 Å². The zero-order valence-corrected chi connectivity index (χ0v) is 14.5. The summed E-state index contributed by atoms with van der Waals surface area (Å²) in [5.41, 5.74) is -0.581. The molecule has 0 aliphatic rings. The molecule has 4 nitrogen and oxygen atoms in total. The summed E-state index contributed by atoms with van der Waals surface area (Å²) < 4.78 is 5.21. The number of ether oxygens (including phenoxy) is 1. The lowest BCUT2D eigenvalue weighted by atomic mass is 9.94. The predicted molar refractivity (Wildman–Crippen MR) is 84.9 cm³/mol. The second-order valence-electron chi connectivity index (χ2n) is 6.61. The normalized spacial score (nSPS) is 14.9. The number of nitrogens with one attached hydrogen (secondary N) is 1. The molecule has 0 aromatic heterocycles. The lowest BCUT2D eigenvalue weighted by Gasteiger charge is -2.31. The topological polar surface area (TPSA) is 41.6 Å². The Morgan fingerprint density at radius 3 is 2.35 bits per heavy atom. The van der Waals surface area contributed by atoms with E-state index < -0.39 is 5.54 Å². The van der Waals surface area contributed by atoms with E-state index in [1.165, 1.54) is 0 Å². The van der Waals surface area contributed by atoms with E-state index in [2.05, 4.69) is 45.0 Å². The molecule has 4 heteroatoms. The highest BCUT2D eigenvalue weighted by molar-refractivity contribution is 5.80. The minimum atomic E-state index is -0.581. The molecule has 0 saturated carbocycles. The highest BCUT2D eigenvalue weighted by Gasteiger charge is 2.34. The van der Waals surface area contributed by atoms with E-state index in [4.69, 9.17) is 4.74 Å². The van der Waals surface area contributed by atoms with Crippen molar-refractivity contribution in [3.05, 3.63) is 0 Å². The molecule has 1 N–H and O–H groups in total. The quantitative estimate of drug-likeness (QED) is 0.627. The van der Waals surface area contributed by atoms with E-state index in [0.29, 0.717) is 12.5 Å². The summed E-state index contributed by atoms with van der Waals surface area (Å²) in [6, 6.07) is 0.262. The molecule has 0 rings (SSSR count). The van der Waals surface area contributed by atoms with Crippen molar-refractivity contribution in [3.8, 4) is 0 Å². The molecular formula is C16H34N2O2. The summed E-state index contributed by atoms with van der Waals surface area (Å²) in [7, 11) is 2.14. The molecule has 0 saturated heterocycles. The number of rotatable bonds is 10. The second-order valence-corrected chi connectivity index (χ2v) is 6.61. The molecule has 1 unspecified atom stereocenters. The summed E-state index contributed by atoms with van der Waals surface area (Å²) in [5.74, 6) is 0.533. The van der Waals surface area contributed by atoms with E-state index in [9.17, 15) is 4.79 Å². The number of carbonyl (C=O) groups is 1. The fraction of sp³-hybridized carbons (Fsp3) is 0.938. The number of hydrogen-bond donors (Lipinski definition) is 1. The van der Waals surface area contributed by atoms with E-state index in [0.717, 1.165) is 25.9 Å². The molecule has 120 valence electrons. The van der Waals surface area contributed by atoms with Crippen LogP contribution in [0.1, 0.15) is 54.4 Å². The molecule has 0 radical (unpaired) electrons. The van der Waals surface area contributed by atoms with Gasteiger partial charge in [-0.3, -0.25) is 10.1 Å². The summed E-state index contributed by atoms with van der Waals surface area (Å²) >= 11 is 0. The molecule has 0 bridgehead atoms. The van der Waals surface area contributed by atoms with Crippen molar-refractivity contribution >= 4 is 5.97 Å². The van der Waals surface area contributed by atoms with Crippen LogP contribution in [0.2, 0.25) is 0 Å². The van der Waals surface area contributed by atoms with Gasteiger partial charge in [-0.05, 0) is 60.0 Å². The van der Waals surface area contributed by atoms with Crippen molar-refractivity contribution in [2.45, 2.75) is 66.0 Å². The van der Waals surface area contributed by atoms with Crippen LogP contribution in [-0.4, -0.2) is 49.2 Å². The Kier molecular flexibility index (Phi) is 9.06. The van der Waals surface area contributed by atoms with Crippen molar-refractivity contribution in [1.82, 2.24) is 10.2 Å². The summed E-state index contributed by atoms with van der Waals surface area (Å²) in [5, 5.41) is 3.36. The van der Waals surface area contributed by atoms with Crippen LogP contribution in [0, 0.1) is 5.92 Å². The third-order valence-corrected chi connectivity index (χ3v) is 3.23. The van der Waals surface area contributed by atoms with Gasteiger partial charge in [0.2, 0.25) is 0 Å². The monoisotopic (exact) mass is 286 g/mol. The molecule has 0 fully saturated rings. The molecule has 20 heavy (non-hydrogen) atoms. The summed E-state index contributed by atoms with van der Waals surface area (Å²) in [4.78, 5) is 14.5. The Bertz CT molecular complexity index is 280. The molecule has 0 amide bonds. The third-order valence-electron chi connectivity index (χ3n) is 3.23. The van der Waals surface area contributed by atoms with Crippen molar-refractivity contribution in [2.75, 3.05) is 26.7 Å². The van der Waals surface area contributed by atoms with Gasteiger partial charge in [0.1, 0.15) is 5.54 Å². The molecular weight excluding hydrogens is 252 g/mol. The number of carbonyl (C=O) groups excluding carboxylic acids is 1. The van der Waals surface area contributed by atoms with E-state index in [1.54, 1.807) is 0 Å². The van der Waals surface area contributed by atoms with Crippen LogP contribution in [0.15, 0.2) is 0 Å². The molecule has 0 aromatic carbocycles. The first kappa shape index (κ1) is 19.4. The van der Waals surface area contributed by atoms with Crippen LogP contribution in [0.4, 0.5) is 0 Å². The zero-order valence-electron chi connectivity index (χ0n) is 14.5. The first-order valence-corrected chi connectivity index (χ1v) is 7.84. The van der Waals surface area contributed by atoms with Crippen LogP contribution in [0.5, 0.6) is 0 Å². The Labute approximate surface area is 125 Å². The highest BCUT2D eigenvalue weighted by atomic mass is 16.5. The van der Waals surface area contributed by atoms with Gasteiger partial charge < -0.3 is 9.64 Å². The van der Waals surface area contributed by atoms with Gasteiger partial charge >= 0.3 is 5.97 Å². The molecule has 1 atom stereocenters. The number of hydrogen-bond acceptors (Lipinski definition) is 4. The summed E-state index contributed by atoms with van der Waals surface area (Å²) in [6.45, 7) is 14.9. The van der Waals surface area contributed by atoms with Crippen molar-refractivity contribution in [3.63, 3.8) is 0 Å². The van der Waals surface area contributed by atoms with Crippen molar-refractivity contribution < 1.29 is 9.53 Å². The van der Waals surface area contributed by atoms with Gasteiger partial charge in [0, 0.05) is 12.6 Å². The molecule has 0 heterocycles. The maximum atomic E-state index is 12.2. The zero-order chi connectivity index (χ0) is 15.8. The Morgan fingerprint density at radius 1 is 1.30 bits per heavy atom. The molecule has 0 spiro atoms. The fourth-order valence-electron chi connectivity index (χ4n) is 2.58. The molecule has 0 aromatic rings. The van der Waals surface area contributed by atoms with Crippen LogP contribution < -0.4 is 5.32 Å². The first-order valence-electron chi connectivity index (χ1n) is 7.84. The van der Waals surface area contributed by atoms with Gasteiger partial charge in [-0.25, -0.2) is 0 Å². The Balaban J connectivity index is 4.40. The molecule has 0 aliphatic carbocycles. The predicted octanol–water partition coefficient (Wildman–Crippen LogP) is 2.67. The Hall–Kier alpha value is -0.610. The minimum Gasteiger partial charge on any atom is -0.465 e. The van der Waals surface area contributed by atoms with E-state index in [1.807, 2.05) is 13.8 Å². The van der Waals surface area contributed by atoms with Gasteiger partial charge in [-0.1, -0.05) is 13.8 Å². The average molecular weight is 286 g/mol. The number of esters is 1. The van der Waals surface area contributed by atoms with Crippen LogP contribution in [-0.2, 0) is 9.53 Å². The first-order chi connectivity index (χ1) is 9.21. The SMILES string of the molecule is CCOC(=O)C(C)(CCCN(C)CC(C)C)NC(C)C. The average Bonchev–Trinajstić information content (AvgIpc) is 2.26. The van der Waals surface area contributed by atoms with Gasteiger partial charge in [0.25, 0.3) is 0 Å². The van der Waals surface area contributed by atoms with E-state index in [-0.39, 0.29) is 12.0 Å². The third kappa shape index (κ3) is 7.85. The van der Waals surface area contributed by atoms with Gasteiger partial charge in [0.05, 0.1) is 6.61 Å². The van der Waals surface area contributed by atoms with Gasteiger partial charge in [-0.15, -0.1) is 0 Å². The standard InChI is InChI=1S/C16H34N2O2/c1-8-20-15(19)16(6,17-14(4)5)10-9-11-18(7)12-13(2)3/h13-14,17H,8-12H2,1-7H3. The smallest absolute Gasteiger partial charge is 0.326 e. The van der Waals surface area contributed by atoms with Crippen LogP contribution in [0.25, 0.3) is 0 Å². The van der Waals surface area contributed by atoms with Crippen molar-refractivity contribution in [1.29, 1.82) is 0 Å². The largest absolute Gasteiger partial charge is 0.465 e. The lowest BCUT2D eigenvalue weighted by molar-refractivity contribution is -0.151. The van der Waals surface area contributed by atoms with Gasteiger partial charge in [-0.2, -0.15) is 0 Å². The highest BCUT2D eigenvalue weighted by Crippen LogP contribution is 2.16. The maximum Gasteiger partial charge on any atom is 0.326 e. The fourth-order valence-corrected chi connectivity index (χ4v) is 2.58. The minimum absolute atomic E-state index is 0.139. The molecule has 0 aliphatic heterocycles. The summed E-state index contributed by atoms with van der Waals surface area (Å²) in [6.07, 6.45) is 1.78. The Morgan fingerprint density at radius 2 is 1.90 bits per heavy atom. The lowest BCUT2D eigenvalue weighted by Crippen LogP contribution is -2.53. The second kappa shape index (κ2) is 9.35. The maximum absolute atomic E-state index is 12.2. The number of nitrogens with zero attached hydrogens (tertiary/aromatic N) is 1. The van der Waals surface area contributed by atoms with Crippen LogP contribution >= 0.6 is 0 Å².